The quantitative estimate of drug-likeness (QED) is 0.142. The Morgan fingerprint density at radius 1 is 0.917 bits per heavy atom. The molecule has 0 atom stereocenters. The lowest BCUT2D eigenvalue weighted by molar-refractivity contribution is -0.394. The van der Waals surface area contributed by atoms with Crippen LogP contribution in [-0.4, -0.2) is 27.9 Å². The largest absolute Gasteiger partial charge is 0.501 e. The van der Waals surface area contributed by atoms with E-state index >= 15 is 0 Å². The second-order valence-electron chi connectivity index (χ2n) is 7.03. The van der Waals surface area contributed by atoms with Crippen LogP contribution in [0.15, 0.2) is 67.2 Å². The van der Waals surface area contributed by atoms with E-state index in [4.69, 9.17) is 4.55 Å². The molecule has 3 aromatic rings. The molecular formula is C19H14N6O10S. The van der Waals surface area contributed by atoms with Gasteiger partial charge in [0.15, 0.2) is 5.36 Å². The van der Waals surface area contributed by atoms with Gasteiger partial charge in [-0.15, -0.1) is 0 Å². The highest BCUT2D eigenvalue weighted by molar-refractivity contribution is 7.85. The molecule has 17 heteroatoms. The zero-order valence-electron chi connectivity index (χ0n) is 17.9. The van der Waals surface area contributed by atoms with E-state index in [9.17, 15) is 43.3 Å². The van der Waals surface area contributed by atoms with Crippen LogP contribution in [0.2, 0.25) is 0 Å². The third-order valence-electron chi connectivity index (χ3n) is 4.64. The van der Waals surface area contributed by atoms with E-state index in [-0.39, 0.29) is 10.6 Å². The summed E-state index contributed by atoms with van der Waals surface area (Å²) in [7, 11) is -4.45. The van der Waals surface area contributed by atoms with Crippen LogP contribution in [0, 0.1) is 27.2 Å². The van der Waals surface area contributed by atoms with Crippen LogP contribution in [0.4, 0.5) is 22.7 Å². The predicted octanol–water partition coefficient (Wildman–Crippen LogP) is 0.215. The van der Waals surface area contributed by atoms with E-state index in [2.05, 4.69) is 21.1 Å². The summed E-state index contributed by atoms with van der Waals surface area (Å²) in [5, 5.41) is 38.4. The number of phenolic OH excluding ortho intramolecular Hbond substituents is 1. The lowest BCUT2D eigenvalue weighted by Gasteiger charge is -2.06. The number of nitro benzene ring substituents is 2. The summed E-state index contributed by atoms with van der Waals surface area (Å²) in [6.07, 6.45) is 0. The fourth-order valence-electron chi connectivity index (χ4n) is 2.83. The van der Waals surface area contributed by atoms with Gasteiger partial charge in [-0.1, -0.05) is 0 Å². The number of non-ortho nitro benzene ring substituents is 1. The van der Waals surface area contributed by atoms with Crippen LogP contribution in [0.3, 0.4) is 0 Å². The highest BCUT2D eigenvalue weighted by Gasteiger charge is 2.23. The molecule has 186 valence electrons. The molecule has 0 amide bonds. The van der Waals surface area contributed by atoms with E-state index in [1.165, 1.54) is 13.0 Å². The number of hydrogen-bond donors (Lipinski definition) is 4. The predicted molar refractivity (Wildman–Crippen MR) is 122 cm³/mol. The first-order chi connectivity index (χ1) is 16.8. The van der Waals surface area contributed by atoms with Crippen molar-refractivity contribution in [1.82, 2.24) is 0 Å². The summed E-state index contributed by atoms with van der Waals surface area (Å²) < 4.78 is 31.5. The molecule has 0 spiro atoms. The summed E-state index contributed by atoms with van der Waals surface area (Å²) in [6.45, 7) is 1.48. The number of anilines is 2. The average Bonchev–Trinajstić information content (AvgIpc) is 2.79. The number of hydrogen-bond acceptors (Lipinski definition) is 13. The van der Waals surface area contributed by atoms with Crippen LogP contribution in [0.1, 0.15) is 5.56 Å². The standard InChI is InChI=1S/C19H14N6O10S/c1-9-6-11(36(33,34)35)2-3-12(9)20-23-17-16(26)5-4-13(19(17)28)21-22-14-7-10(24(29)30)8-15(18(14)27)25(31)32/h2-8,20,22,27H,1H3,(H,33,34,35). The number of benzene rings is 3. The van der Waals surface area contributed by atoms with Crippen molar-refractivity contribution in [3.05, 3.63) is 99.4 Å². The monoisotopic (exact) mass is 518 g/mol. The van der Waals surface area contributed by atoms with Crippen LogP contribution in [0.5, 0.6) is 5.75 Å². The Morgan fingerprint density at radius 3 is 2.17 bits per heavy atom. The van der Waals surface area contributed by atoms with Crippen molar-refractivity contribution in [3.63, 3.8) is 0 Å². The number of nitrogens with one attached hydrogen (secondary N) is 2. The third-order valence-corrected chi connectivity index (χ3v) is 5.49. The molecule has 0 unspecified atom stereocenters. The molecule has 0 bridgehead atoms. The number of nitro groups is 2. The maximum Gasteiger partial charge on any atom is 0.319 e. The lowest BCUT2D eigenvalue weighted by Crippen LogP contribution is -2.48. The molecule has 3 rings (SSSR count). The van der Waals surface area contributed by atoms with Gasteiger partial charge in [0.05, 0.1) is 26.5 Å². The number of aryl methyl sites for hydroxylation is 1. The molecular weight excluding hydrogens is 504 g/mol. The van der Waals surface area contributed by atoms with Gasteiger partial charge in [-0.2, -0.15) is 18.6 Å². The molecule has 3 aromatic carbocycles. The molecule has 4 N–H and O–H groups in total. The Balaban J connectivity index is 2.03. The lowest BCUT2D eigenvalue weighted by atomic mass is 10.2. The Hall–Kier alpha value is -5.03. The topological polar surface area (TPSA) is 244 Å². The Kier molecular flexibility index (Phi) is 6.88. The Bertz CT molecular complexity index is 1740. The van der Waals surface area contributed by atoms with Crippen molar-refractivity contribution in [1.29, 1.82) is 0 Å². The van der Waals surface area contributed by atoms with Crippen molar-refractivity contribution in [2.45, 2.75) is 11.8 Å². The van der Waals surface area contributed by atoms with E-state index in [0.717, 1.165) is 30.3 Å². The fraction of sp³-hybridized carbons (Fsp3) is 0.0526. The number of aromatic hydroxyl groups is 1. The Morgan fingerprint density at radius 2 is 1.58 bits per heavy atom. The molecule has 0 saturated carbocycles. The number of rotatable bonds is 7. The van der Waals surface area contributed by atoms with E-state index in [1.54, 1.807) is 0 Å². The SMILES string of the molecule is Cc1cc(S(=O)(=O)O)ccc1NN=c1c(=O)ccc(=NNc2cc([N+](=O)[O-])cc([N+](=O)[O-])c2O)c1=O. The highest BCUT2D eigenvalue weighted by atomic mass is 32.2. The van der Waals surface area contributed by atoms with Crippen molar-refractivity contribution in [3.8, 4) is 5.75 Å². The zero-order chi connectivity index (χ0) is 26.8. The van der Waals surface area contributed by atoms with E-state index in [0.29, 0.717) is 11.6 Å². The van der Waals surface area contributed by atoms with Crippen molar-refractivity contribution in [2.24, 2.45) is 10.2 Å². The molecule has 0 saturated heterocycles. The van der Waals surface area contributed by atoms with Crippen molar-refractivity contribution >= 4 is 32.9 Å². The minimum Gasteiger partial charge on any atom is -0.501 e. The smallest absolute Gasteiger partial charge is 0.319 e. The van der Waals surface area contributed by atoms with E-state index in [1.807, 2.05) is 0 Å². The molecule has 0 aromatic heterocycles. The van der Waals surface area contributed by atoms with Gasteiger partial charge in [-0.05, 0) is 42.8 Å². The molecule has 0 heterocycles. The maximum absolute atomic E-state index is 12.7. The third kappa shape index (κ3) is 5.37. The summed E-state index contributed by atoms with van der Waals surface area (Å²) >= 11 is 0. The molecule has 0 aliphatic heterocycles. The first kappa shape index (κ1) is 25.6. The molecule has 0 aliphatic carbocycles. The summed E-state index contributed by atoms with van der Waals surface area (Å²) in [5.41, 5.74) is 1.00. The van der Waals surface area contributed by atoms with Gasteiger partial charge in [0.1, 0.15) is 11.0 Å². The Labute approximate surface area is 199 Å². The first-order valence-corrected chi connectivity index (χ1v) is 10.9. The second kappa shape index (κ2) is 9.68. The molecule has 0 aliphatic rings. The van der Waals surface area contributed by atoms with Crippen molar-refractivity contribution < 1.29 is 27.9 Å². The van der Waals surface area contributed by atoms with Gasteiger partial charge in [-0.25, -0.2) is 0 Å². The van der Waals surface area contributed by atoms with Crippen LogP contribution in [-0.2, 0) is 10.1 Å². The molecule has 0 radical (unpaired) electrons. The average molecular weight is 518 g/mol. The van der Waals surface area contributed by atoms with Gasteiger partial charge >= 0.3 is 5.69 Å². The minimum absolute atomic E-state index is 0.204. The highest BCUT2D eigenvalue weighted by Crippen LogP contribution is 2.37. The summed E-state index contributed by atoms with van der Waals surface area (Å²) in [5.74, 6) is -0.974. The van der Waals surface area contributed by atoms with Gasteiger partial charge in [0.2, 0.25) is 16.6 Å². The summed E-state index contributed by atoms with van der Waals surface area (Å²) in [4.78, 5) is 44.6. The molecule has 0 fully saturated rings. The number of phenols is 1. The fourth-order valence-corrected chi connectivity index (χ4v) is 3.39. The zero-order valence-corrected chi connectivity index (χ0v) is 18.7. The normalized spacial score (nSPS) is 12.4. The van der Waals surface area contributed by atoms with E-state index < -0.39 is 64.3 Å². The second-order valence-corrected chi connectivity index (χ2v) is 8.46. The minimum atomic E-state index is -4.45. The molecule has 16 nitrogen and oxygen atoms in total. The van der Waals surface area contributed by atoms with Crippen LogP contribution in [0.25, 0.3) is 0 Å². The maximum atomic E-state index is 12.7. The molecule has 36 heavy (non-hydrogen) atoms. The summed E-state index contributed by atoms with van der Waals surface area (Å²) in [6, 6.07) is 6.66. The number of nitrogens with zero attached hydrogens (tertiary/aromatic N) is 4. The van der Waals surface area contributed by atoms with Gasteiger partial charge in [0, 0.05) is 6.07 Å². The van der Waals surface area contributed by atoms with Crippen LogP contribution < -0.4 is 32.4 Å². The van der Waals surface area contributed by atoms with Crippen LogP contribution >= 0.6 is 0 Å². The van der Waals surface area contributed by atoms with Gasteiger partial charge < -0.3 is 5.11 Å². The van der Waals surface area contributed by atoms with Gasteiger partial charge in [-0.3, -0.25) is 45.2 Å². The van der Waals surface area contributed by atoms with Crippen molar-refractivity contribution in [2.75, 3.05) is 10.9 Å². The van der Waals surface area contributed by atoms with Gasteiger partial charge in [0.25, 0.3) is 15.8 Å². The first-order valence-electron chi connectivity index (χ1n) is 9.48.